The third kappa shape index (κ3) is 6.19. The fraction of sp³-hybridized carbons (Fsp3) is 0.318. The zero-order valence-electron chi connectivity index (χ0n) is 18.7. The first-order chi connectivity index (χ1) is 16.5. The molecule has 0 saturated carbocycles. The number of carboxylic acids is 1. The molecule has 2 unspecified atom stereocenters. The molecule has 0 aromatic heterocycles. The van der Waals surface area contributed by atoms with Crippen LogP contribution in [0.3, 0.4) is 0 Å². The number of aliphatic carboxylic acids is 1. The summed E-state index contributed by atoms with van der Waals surface area (Å²) < 4.78 is 27.3. The van der Waals surface area contributed by atoms with Gasteiger partial charge in [-0.1, -0.05) is 42.5 Å². The lowest BCUT2D eigenvalue weighted by molar-refractivity contribution is -0.384. The van der Waals surface area contributed by atoms with Crippen LogP contribution >= 0.6 is 0 Å². The Bertz CT molecular complexity index is 1240. The van der Waals surface area contributed by atoms with Gasteiger partial charge in [-0.25, -0.2) is 8.42 Å². The molecule has 1 aliphatic rings. The number of nitrogens with one attached hydrogen (secondary N) is 1. The van der Waals surface area contributed by atoms with Gasteiger partial charge in [-0.3, -0.25) is 24.5 Å². The largest absolute Gasteiger partial charge is 0.481 e. The zero-order valence-corrected chi connectivity index (χ0v) is 19.6. The van der Waals surface area contributed by atoms with Crippen molar-refractivity contribution >= 4 is 33.5 Å². The molecule has 1 saturated heterocycles. The van der Waals surface area contributed by atoms with Crippen LogP contribution in [0.5, 0.6) is 0 Å². The van der Waals surface area contributed by atoms with Crippen molar-refractivity contribution in [3.63, 3.8) is 0 Å². The van der Waals surface area contributed by atoms with E-state index in [-0.39, 0.29) is 24.3 Å². The molecule has 13 heteroatoms. The molecule has 2 N–H and O–H groups in total. The highest BCUT2D eigenvalue weighted by atomic mass is 32.2. The summed E-state index contributed by atoms with van der Waals surface area (Å²) >= 11 is 0. The number of hydrogen-bond acceptors (Lipinski definition) is 7. The molecule has 0 bridgehead atoms. The number of nitro benzene ring substituents is 1. The maximum absolute atomic E-state index is 13.3. The third-order valence-electron chi connectivity index (χ3n) is 5.50. The van der Waals surface area contributed by atoms with Crippen LogP contribution in [0.25, 0.3) is 0 Å². The van der Waals surface area contributed by atoms with Gasteiger partial charge in [-0.15, -0.1) is 0 Å². The quantitative estimate of drug-likeness (QED) is 0.380. The fourth-order valence-electron chi connectivity index (χ4n) is 3.90. The highest BCUT2D eigenvalue weighted by Gasteiger charge is 2.45. The van der Waals surface area contributed by atoms with E-state index in [4.69, 9.17) is 0 Å². The number of rotatable bonds is 9. The van der Waals surface area contributed by atoms with Gasteiger partial charge in [0, 0.05) is 32.1 Å². The molecular formula is C22H24N4O8S. The Balaban J connectivity index is 1.92. The molecule has 0 radical (unpaired) electrons. The SMILES string of the molecule is CC(=O)N1CCN(S(=O)(=O)Cc2ccccc2)C1C(=O)NC(CC(=O)O)c1cccc([N+](=O)[O-])c1. The number of hydrogen-bond donors (Lipinski definition) is 2. The lowest BCUT2D eigenvalue weighted by Gasteiger charge is -2.29. The summed E-state index contributed by atoms with van der Waals surface area (Å²) in [7, 11) is -4.04. The fourth-order valence-corrected chi connectivity index (χ4v) is 5.55. The lowest BCUT2D eigenvalue weighted by Crippen LogP contribution is -2.54. The molecule has 2 atom stereocenters. The average molecular weight is 505 g/mol. The molecule has 186 valence electrons. The van der Waals surface area contributed by atoms with E-state index in [1.165, 1.54) is 25.1 Å². The standard InChI is InChI=1S/C22H24N4O8S/c1-15(27)24-10-11-25(35(33,34)14-16-6-3-2-4-7-16)22(24)21(30)23-19(13-20(28)29)17-8-5-9-18(12-17)26(31)32/h2-9,12,19,22H,10-11,13-14H2,1H3,(H,23,30)(H,28,29). The van der Waals surface area contributed by atoms with Crippen LogP contribution in [-0.4, -0.2) is 64.7 Å². The van der Waals surface area contributed by atoms with Gasteiger partial charge in [0.2, 0.25) is 15.9 Å². The first kappa shape index (κ1) is 25.8. The van der Waals surface area contributed by atoms with E-state index in [0.29, 0.717) is 5.56 Å². The van der Waals surface area contributed by atoms with Crippen molar-refractivity contribution in [1.82, 2.24) is 14.5 Å². The van der Waals surface area contributed by atoms with Crippen LogP contribution in [0, 0.1) is 10.1 Å². The Morgan fingerprint density at radius 1 is 1.14 bits per heavy atom. The van der Waals surface area contributed by atoms with E-state index in [0.717, 1.165) is 15.3 Å². The van der Waals surface area contributed by atoms with Crippen LogP contribution < -0.4 is 5.32 Å². The van der Waals surface area contributed by atoms with Gasteiger partial charge in [-0.2, -0.15) is 4.31 Å². The van der Waals surface area contributed by atoms with Crippen molar-refractivity contribution in [2.45, 2.75) is 31.3 Å². The van der Waals surface area contributed by atoms with Crippen molar-refractivity contribution < 1.29 is 32.8 Å². The molecular weight excluding hydrogens is 480 g/mol. The maximum Gasteiger partial charge on any atom is 0.305 e. The normalized spacial score (nSPS) is 17.1. The Labute approximate surface area is 201 Å². The predicted octanol–water partition coefficient (Wildman–Crippen LogP) is 1.25. The highest BCUT2D eigenvalue weighted by Crippen LogP contribution is 2.26. The summed E-state index contributed by atoms with van der Waals surface area (Å²) in [6.07, 6.45) is -2.15. The molecule has 1 fully saturated rings. The van der Waals surface area contributed by atoms with Gasteiger partial charge in [0.05, 0.1) is 23.1 Å². The number of nitrogens with zero attached hydrogens (tertiary/aromatic N) is 3. The number of carbonyl (C=O) groups is 3. The first-order valence-electron chi connectivity index (χ1n) is 10.6. The lowest BCUT2D eigenvalue weighted by atomic mass is 10.0. The summed E-state index contributed by atoms with van der Waals surface area (Å²) in [4.78, 5) is 48.5. The number of benzene rings is 2. The van der Waals surface area contributed by atoms with Crippen molar-refractivity contribution in [3.05, 3.63) is 75.8 Å². The Hall–Kier alpha value is -3.84. The smallest absolute Gasteiger partial charge is 0.305 e. The molecule has 2 aromatic rings. The third-order valence-corrected chi connectivity index (χ3v) is 7.29. The van der Waals surface area contributed by atoms with E-state index in [1.807, 2.05) is 0 Å². The molecule has 1 heterocycles. The summed E-state index contributed by atoms with van der Waals surface area (Å²) in [5.41, 5.74) is 0.347. The van der Waals surface area contributed by atoms with Gasteiger partial charge < -0.3 is 15.3 Å². The minimum atomic E-state index is -4.04. The molecule has 2 aromatic carbocycles. The summed E-state index contributed by atoms with van der Waals surface area (Å²) in [5.74, 6) is -3.13. The van der Waals surface area contributed by atoms with Crippen molar-refractivity contribution in [2.24, 2.45) is 0 Å². The van der Waals surface area contributed by atoms with Crippen molar-refractivity contribution in [3.8, 4) is 0 Å². The van der Waals surface area contributed by atoms with Gasteiger partial charge in [0.1, 0.15) is 0 Å². The number of nitro groups is 1. The average Bonchev–Trinajstić information content (AvgIpc) is 3.26. The molecule has 0 spiro atoms. The highest BCUT2D eigenvalue weighted by molar-refractivity contribution is 7.88. The van der Waals surface area contributed by atoms with Gasteiger partial charge in [-0.05, 0) is 11.1 Å². The molecule has 2 amide bonds. The number of non-ortho nitro benzene ring substituents is 1. The molecule has 1 aliphatic heterocycles. The van der Waals surface area contributed by atoms with E-state index < -0.39 is 57.1 Å². The number of sulfonamides is 1. The van der Waals surface area contributed by atoms with Crippen LogP contribution in [0.2, 0.25) is 0 Å². The molecule has 3 rings (SSSR count). The predicted molar refractivity (Wildman–Crippen MR) is 123 cm³/mol. The van der Waals surface area contributed by atoms with Gasteiger partial charge in [0.15, 0.2) is 6.17 Å². The van der Waals surface area contributed by atoms with Crippen LogP contribution in [0.1, 0.15) is 30.5 Å². The monoisotopic (exact) mass is 504 g/mol. The van der Waals surface area contributed by atoms with E-state index >= 15 is 0 Å². The summed E-state index contributed by atoms with van der Waals surface area (Å²) in [6, 6.07) is 12.2. The van der Waals surface area contributed by atoms with E-state index in [1.54, 1.807) is 30.3 Å². The second-order valence-corrected chi connectivity index (χ2v) is 9.87. The zero-order chi connectivity index (χ0) is 25.8. The topological polar surface area (TPSA) is 167 Å². The number of carboxylic acid groups (broad SMARTS) is 1. The summed E-state index contributed by atoms with van der Waals surface area (Å²) in [6.45, 7) is 1.05. The first-order valence-corrected chi connectivity index (χ1v) is 12.2. The van der Waals surface area contributed by atoms with E-state index in [2.05, 4.69) is 5.32 Å². The molecule has 35 heavy (non-hydrogen) atoms. The maximum atomic E-state index is 13.3. The van der Waals surface area contributed by atoms with Crippen molar-refractivity contribution in [2.75, 3.05) is 13.1 Å². The number of amides is 2. The summed E-state index contributed by atoms with van der Waals surface area (Å²) in [5, 5.41) is 22.9. The molecule has 0 aliphatic carbocycles. The van der Waals surface area contributed by atoms with Crippen LogP contribution in [-0.2, 0) is 30.2 Å². The Morgan fingerprint density at radius 3 is 2.43 bits per heavy atom. The second kappa shape index (κ2) is 10.6. The van der Waals surface area contributed by atoms with Gasteiger partial charge >= 0.3 is 5.97 Å². The number of carbonyl (C=O) groups excluding carboxylic acids is 2. The minimum Gasteiger partial charge on any atom is -0.481 e. The van der Waals surface area contributed by atoms with Crippen LogP contribution in [0.4, 0.5) is 5.69 Å². The van der Waals surface area contributed by atoms with Crippen LogP contribution in [0.15, 0.2) is 54.6 Å². The van der Waals surface area contributed by atoms with Crippen molar-refractivity contribution in [1.29, 1.82) is 0 Å². The minimum absolute atomic E-state index is 0.0259. The molecule has 12 nitrogen and oxygen atoms in total. The Kier molecular flexibility index (Phi) is 7.82. The second-order valence-electron chi connectivity index (χ2n) is 7.95. The van der Waals surface area contributed by atoms with Gasteiger partial charge in [0.25, 0.3) is 11.6 Å². The Morgan fingerprint density at radius 2 is 1.83 bits per heavy atom. The van der Waals surface area contributed by atoms with E-state index in [9.17, 15) is 38.0 Å².